The first kappa shape index (κ1) is 16.2. The van der Waals surface area contributed by atoms with Crippen molar-refractivity contribution < 1.29 is 4.52 Å². The summed E-state index contributed by atoms with van der Waals surface area (Å²) < 4.78 is 5.44. The van der Waals surface area contributed by atoms with Gasteiger partial charge in [0.1, 0.15) is 0 Å². The SMILES string of the molecule is c1cncc(-c2noc(CN3CCC(c4c[nH]c5ccccc45)CC3)n2)c1. The van der Waals surface area contributed by atoms with Crippen LogP contribution in [0, 0.1) is 0 Å². The normalized spacial score (nSPS) is 16.1. The van der Waals surface area contributed by atoms with Crippen LogP contribution in [0.5, 0.6) is 0 Å². The van der Waals surface area contributed by atoms with Crippen molar-refractivity contribution in [2.24, 2.45) is 0 Å². The summed E-state index contributed by atoms with van der Waals surface area (Å²) in [5.41, 5.74) is 3.55. The van der Waals surface area contributed by atoms with E-state index in [1.165, 1.54) is 16.5 Å². The lowest BCUT2D eigenvalue weighted by molar-refractivity contribution is 0.181. The van der Waals surface area contributed by atoms with Crippen molar-refractivity contribution in [3.05, 3.63) is 66.4 Å². The van der Waals surface area contributed by atoms with Gasteiger partial charge >= 0.3 is 0 Å². The van der Waals surface area contributed by atoms with Crippen molar-refractivity contribution >= 4 is 10.9 Å². The topological polar surface area (TPSA) is 70.8 Å². The molecule has 27 heavy (non-hydrogen) atoms. The fourth-order valence-electron chi connectivity index (χ4n) is 3.96. The minimum absolute atomic E-state index is 0.603. The average Bonchev–Trinajstić information content (AvgIpc) is 3.37. The molecule has 3 aromatic heterocycles. The van der Waals surface area contributed by atoms with E-state index in [9.17, 15) is 0 Å². The first-order valence-corrected chi connectivity index (χ1v) is 9.38. The highest BCUT2D eigenvalue weighted by Gasteiger charge is 2.24. The van der Waals surface area contributed by atoms with Gasteiger partial charge < -0.3 is 9.51 Å². The van der Waals surface area contributed by atoms with Gasteiger partial charge in [0.2, 0.25) is 11.7 Å². The van der Waals surface area contributed by atoms with Crippen LogP contribution in [0.1, 0.15) is 30.2 Å². The van der Waals surface area contributed by atoms with Crippen LogP contribution in [0.15, 0.2) is 59.5 Å². The number of para-hydroxylation sites is 1. The minimum Gasteiger partial charge on any atom is -0.361 e. The van der Waals surface area contributed by atoms with Crippen LogP contribution in [-0.2, 0) is 6.54 Å². The van der Waals surface area contributed by atoms with Gasteiger partial charge in [-0.2, -0.15) is 4.98 Å². The molecule has 6 nitrogen and oxygen atoms in total. The predicted octanol–water partition coefficient (Wildman–Crippen LogP) is 3.99. The maximum absolute atomic E-state index is 5.44. The lowest BCUT2D eigenvalue weighted by Crippen LogP contribution is -2.32. The van der Waals surface area contributed by atoms with E-state index < -0.39 is 0 Å². The van der Waals surface area contributed by atoms with Crippen molar-refractivity contribution in [2.75, 3.05) is 13.1 Å². The zero-order valence-electron chi connectivity index (χ0n) is 15.0. The highest BCUT2D eigenvalue weighted by molar-refractivity contribution is 5.83. The number of hydrogen-bond donors (Lipinski definition) is 1. The van der Waals surface area contributed by atoms with Gasteiger partial charge in [-0.3, -0.25) is 9.88 Å². The lowest BCUT2D eigenvalue weighted by atomic mass is 9.89. The lowest BCUT2D eigenvalue weighted by Gasteiger charge is -2.30. The van der Waals surface area contributed by atoms with Crippen LogP contribution < -0.4 is 0 Å². The van der Waals surface area contributed by atoms with Crippen LogP contribution in [0.3, 0.4) is 0 Å². The number of benzene rings is 1. The van der Waals surface area contributed by atoms with Crippen molar-refractivity contribution in [3.63, 3.8) is 0 Å². The van der Waals surface area contributed by atoms with Gasteiger partial charge in [-0.15, -0.1) is 0 Å². The third-order valence-electron chi connectivity index (χ3n) is 5.40. The Hall–Kier alpha value is -2.99. The first-order chi connectivity index (χ1) is 13.4. The van der Waals surface area contributed by atoms with E-state index in [2.05, 4.69) is 55.5 Å². The van der Waals surface area contributed by atoms with Crippen LogP contribution in [0.4, 0.5) is 0 Å². The maximum atomic E-state index is 5.44. The molecule has 4 aromatic rings. The van der Waals surface area contributed by atoms with Crippen LogP contribution in [0.25, 0.3) is 22.3 Å². The summed E-state index contributed by atoms with van der Waals surface area (Å²) in [5.74, 6) is 1.87. The molecule has 1 aromatic carbocycles. The Labute approximate surface area is 157 Å². The molecule has 1 saturated heterocycles. The van der Waals surface area contributed by atoms with Gasteiger partial charge in [0, 0.05) is 35.1 Å². The van der Waals surface area contributed by atoms with E-state index in [0.717, 1.165) is 31.5 Å². The fraction of sp³-hybridized carbons (Fsp3) is 0.286. The van der Waals surface area contributed by atoms with E-state index in [4.69, 9.17) is 4.52 Å². The quantitative estimate of drug-likeness (QED) is 0.596. The van der Waals surface area contributed by atoms with Gasteiger partial charge in [-0.05, 0) is 55.6 Å². The Morgan fingerprint density at radius 2 is 2.00 bits per heavy atom. The van der Waals surface area contributed by atoms with Crippen LogP contribution in [-0.4, -0.2) is 38.1 Å². The molecule has 0 aliphatic carbocycles. The summed E-state index contributed by atoms with van der Waals surface area (Å²) in [5, 5.41) is 5.44. The van der Waals surface area contributed by atoms with Crippen molar-refractivity contribution in [2.45, 2.75) is 25.3 Å². The van der Waals surface area contributed by atoms with E-state index in [1.54, 1.807) is 12.4 Å². The van der Waals surface area contributed by atoms with Gasteiger partial charge in [0.25, 0.3) is 0 Å². The molecule has 0 saturated carbocycles. The molecule has 6 heteroatoms. The molecule has 0 radical (unpaired) electrons. The highest BCUT2D eigenvalue weighted by Crippen LogP contribution is 2.33. The van der Waals surface area contributed by atoms with Gasteiger partial charge in [-0.1, -0.05) is 23.4 Å². The Bertz CT molecular complexity index is 1030. The third kappa shape index (κ3) is 3.24. The Morgan fingerprint density at radius 1 is 1.11 bits per heavy atom. The number of fused-ring (bicyclic) bond motifs is 1. The van der Waals surface area contributed by atoms with E-state index in [-0.39, 0.29) is 0 Å². The summed E-state index contributed by atoms with van der Waals surface area (Å²) in [4.78, 5) is 14.4. The smallest absolute Gasteiger partial charge is 0.241 e. The zero-order valence-corrected chi connectivity index (χ0v) is 15.0. The molecular formula is C21H21N5O. The number of aromatic nitrogens is 4. The predicted molar refractivity (Wildman–Crippen MR) is 103 cm³/mol. The molecule has 1 aliphatic rings. The molecule has 5 rings (SSSR count). The molecule has 4 heterocycles. The Morgan fingerprint density at radius 3 is 2.85 bits per heavy atom. The number of nitrogens with one attached hydrogen (secondary N) is 1. The summed E-state index contributed by atoms with van der Waals surface area (Å²) in [6.07, 6.45) is 7.96. The summed E-state index contributed by atoms with van der Waals surface area (Å²) in [6, 6.07) is 12.4. The Balaban J connectivity index is 1.23. The zero-order chi connectivity index (χ0) is 18.1. The highest BCUT2D eigenvalue weighted by atomic mass is 16.5. The summed E-state index contributed by atoms with van der Waals surface area (Å²) in [6.45, 7) is 2.78. The molecule has 1 N–H and O–H groups in total. The molecule has 0 bridgehead atoms. The van der Waals surface area contributed by atoms with E-state index in [0.29, 0.717) is 24.2 Å². The maximum Gasteiger partial charge on any atom is 0.241 e. The van der Waals surface area contributed by atoms with E-state index >= 15 is 0 Å². The largest absolute Gasteiger partial charge is 0.361 e. The standard InChI is InChI=1S/C21H21N5O/c1-2-6-19-17(5-1)18(13-23-19)15-7-10-26(11-8-15)14-20-24-21(25-27-20)16-4-3-9-22-12-16/h1-6,9,12-13,15,23H,7-8,10-11,14H2. The van der Waals surface area contributed by atoms with Crippen LogP contribution >= 0.6 is 0 Å². The number of hydrogen-bond acceptors (Lipinski definition) is 5. The number of likely N-dealkylation sites (tertiary alicyclic amines) is 1. The molecule has 0 atom stereocenters. The monoisotopic (exact) mass is 359 g/mol. The minimum atomic E-state index is 0.603. The average molecular weight is 359 g/mol. The van der Waals surface area contributed by atoms with Crippen molar-refractivity contribution in [3.8, 4) is 11.4 Å². The second-order valence-corrected chi connectivity index (χ2v) is 7.09. The molecular weight excluding hydrogens is 338 g/mol. The molecule has 1 aliphatic heterocycles. The summed E-state index contributed by atoms with van der Waals surface area (Å²) >= 11 is 0. The Kier molecular flexibility index (Phi) is 4.18. The van der Waals surface area contributed by atoms with Gasteiger partial charge in [0.05, 0.1) is 6.54 Å². The molecule has 0 amide bonds. The van der Waals surface area contributed by atoms with E-state index in [1.807, 2.05) is 12.1 Å². The van der Waals surface area contributed by atoms with Gasteiger partial charge in [0.15, 0.2) is 0 Å². The summed E-state index contributed by atoms with van der Waals surface area (Å²) in [7, 11) is 0. The second-order valence-electron chi connectivity index (χ2n) is 7.09. The first-order valence-electron chi connectivity index (χ1n) is 9.38. The van der Waals surface area contributed by atoms with Gasteiger partial charge in [-0.25, -0.2) is 0 Å². The number of piperidine rings is 1. The number of nitrogens with zero attached hydrogens (tertiary/aromatic N) is 4. The molecule has 0 unspecified atom stereocenters. The second kappa shape index (κ2) is 6.96. The number of rotatable bonds is 4. The van der Waals surface area contributed by atoms with Crippen LogP contribution in [0.2, 0.25) is 0 Å². The fourth-order valence-corrected chi connectivity index (χ4v) is 3.96. The van der Waals surface area contributed by atoms with Crippen molar-refractivity contribution in [1.82, 2.24) is 25.0 Å². The molecule has 1 fully saturated rings. The molecule has 136 valence electrons. The third-order valence-corrected chi connectivity index (χ3v) is 5.40. The van der Waals surface area contributed by atoms with Crippen molar-refractivity contribution in [1.29, 1.82) is 0 Å². The number of H-pyrrole nitrogens is 1. The number of aromatic amines is 1. The molecule has 0 spiro atoms. The number of pyridine rings is 1.